The van der Waals surface area contributed by atoms with Crippen LogP contribution >= 0.6 is 11.8 Å². The van der Waals surface area contributed by atoms with Crippen molar-refractivity contribution in [3.05, 3.63) is 72.4 Å². The molecule has 0 bridgehead atoms. The van der Waals surface area contributed by atoms with Crippen LogP contribution in [0.15, 0.2) is 65.5 Å². The van der Waals surface area contributed by atoms with E-state index in [9.17, 15) is 4.79 Å². The van der Waals surface area contributed by atoms with Crippen molar-refractivity contribution in [2.45, 2.75) is 12.7 Å². The van der Waals surface area contributed by atoms with Crippen molar-refractivity contribution in [1.29, 1.82) is 0 Å². The summed E-state index contributed by atoms with van der Waals surface area (Å²) in [5.41, 5.74) is 4.25. The van der Waals surface area contributed by atoms with E-state index in [0.29, 0.717) is 23.1 Å². The molecule has 4 rings (SSSR count). The first-order chi connectivity index (χ1) is 14.2. The van der Waals surface area contributed by atoms with Crippen molar-refractivity contribution in [3.8, 4) is 17.1 Å². The summed E-state index contributed by atoms with van der Waals surface area (Å²) in [6.45, 7) is 1.96. The number of tetrazole rings is 1. The third-order valence-corrected chi connectivity index (χ3v) is 5.11. The molecule has 4 aromatic rings. The molecule has 9 heteroatoms. The largest absolute Gasteiger partial charge is 0.444 e. The van der Waals surface area contributed by atoms with Crippen LogP contribution in [0.1, 0.15) is 11.3 Å². The van der Waals surface area contributed by atoms with Crippen LogP contribution in [0.25, 0.3) is 17.1 Å². The number of oxazole rings is 1. The molecule has 2 aromatic heterocycles. The lowest BCUT2D eigenvalue weighted by molar-refractivity contribution is -0.113. The minimum Gasteiger partial charge on any atom is -0.444 e. The monoisotopic (exact) mass is 406 g/mol. The second-order valence-corrected chi connectivity index (χ2v) is 7.29. The number of aryl methyl sites for hydroxylation is 1. The number of amides is 1. The third-order valence-electron chi connectivity index (χ3n) is 4.14. The predicted octanol–water partition coefficient (Wildman–Crippen LogP) is 3.50. The molecule has 0 radical (unpaired) electrons. The summed E-state index contributed by atoms with van der Waals surface area (Å²) in [6.07, 6.45) is 3.15. The number of anilines is 1. The Bertz CT molecular complexity index is 1100. The highest BCUT2D eigenvalue weighted by atomic mass is 32.2. The maximum Gasteiger partial charge on any atom is 0.234 e. The van der Waals surface area contributed by atoms with Gasteiger partial charge in [-0.15, -0.1) is 16.9 Å². The van der Waals surface area contributed by atoms with Gasteiger partial charge in [-0.1, -0.05) is 24.3 Å². The molecule has 146 valence electrons. The third kappa shape index (κ3) is 4.69. The number of aromatic nitrogens is 5. The van der Waals surface area contributed by atoms with Gasteiger partial charge in [0.1, 0.15) is 12.6 Å². The molecule has 0 aliphatic rings. The summed E-state index contributed by atoms with van der Waals surface area (Å²) in [4.78, 5) is 16.8. The van der Waals surface area contributed by atoms with Gasteiger partial charge in [0, 0.05) is 17.0 Å². The molecule has 0 aliphatic carbocycles. The van der Waals surface area contributed by atoms with Crippen molar-refractivity contribution in [3.63, 3.8) is 0 Å². The van der Waals surface area contributed by atoms with Gasteiger partial charge in [-0.05, 0) is 47.2 Å². The molecular formula is C20H18N6O2S. The Labute approximate surface area is 171 Å². The van der Waals surface area contributed by atoms with Gasteiger partial charge >= 0.3 is 0 Å². The topological polar surface area (TPSA) is 98.7 Å². The fraction of sp³-hybridized carbons (Fsp3) is 0.150. The second kappa shape index (κ2) is 8.70. The molecular weight excluding hydrogens is 388 g/mol. The Morgan fingerprint density at radius 3 is 2.86 bits per heavy atom. The van der Waals surface area contributed by atoms with E-state index in [1.165, 1.54) is 18.1 Å². The highest BCUT2D eigenvalue weighted by Crippen LogP contribution is 2.21. The van der Waals surface area contributed by atoms with Crippen LogP contribution < -0.4 is 5.32 Å². The lowest BCUT2D eigenvalue weighted by Crippen LogP contribution is -2.14. The SMILES string of the molecule is Cc1ccc(NC(=O)CSCc2coc(-c3ccccc3)n2)cc1-n1cnnn1. The Balaban J connectivity index is 1.31. The molecule has 0 saturated heterocycles. The molecule has 2 aromatic carbocycles. The van der Waals surface area contributed by atoms with Crippen molar-refractivity contribution in [2.75, 3.05) is 11.1 Å². The van der Waals surface area contributed by atoms with E-state index in [2.05, 4.69) is 25.8 Å². The normalized spacial score (nSPS) is 10.8. The first-order valence-electron chi connectivity index (χ1n) is 8.90. The predicted molar refractivity (Wildman–Crippen MR) is 111 cm³/mol. The summed E-state index contributed by atoms with van der Waals surface area (Å²) >= 11 is 1.48. The fourth-order valence-electron chi connectivity index (χ4n) is 2.74. The Hall–Kier alpha value is -3.46. The highest BCUT2D eigenvalue weighted by molar-refractivity contribution is 7.99. The van der Waals surface area contributed by atoms with Crippen molar-refractivity contribution in [1.82, 2.24) is 25.2 Å². The Morgan fingerprint density at radius 1 is 1.21 bits per heavy atom. The summed E-state index contributed by atoms with van der Waals surface area (Å²) in [6, 6.07) is 15.3. The van der Waals surface area contributed by atoms with Crippen LogP contribution in [-0.2, 0) is 10.5 Å². The molecule has 1 N–H and O–H groups in total. The zero-order valence-corrected chi connectivity index (χ0v) is 16.5. The number of carbonyl (C=O) groups excluding carboxylic acids is 1. The fourth-order valence-corrected chi connectivity index (χ4v) is 3.44. The van der Waals surface area contributed by atoms with Crippen LogP contribution in [0.5, 0.6) is 0 Å². The first-order valence-corrected chi connectivity index (χ1v) is 10.1. The van der Waals surface area contributed by atoms with Crippen LogP contribution in [0, 0.1) is 6.92 Å². The van der Waals surface area contributed by atoms with Crippen LogP contribution in [0.3, 0.4) is 0 Å². The van der Waals surface area contributed by atoms with Crippen LogP contribution in [0.4, 0.5) is 5.69 Å². The summed E-state index contributed by atoms with van der Waals surface area (Å²) in [5, 5.41) is 14.1. The lowest BCUT2D eigenvalue weighted by atomic mass is 10.2. The zero-order valence-electron chi connectivity index (χ0n) is 15.6. The maximum atomic E-state index is 12.3. The van der Waals surface area contributed by atoms with Crippen molar-refractivity contribution < 1.29 is 9.21 Å². The van der Waals surface area contributed by atoms with Gasteiger partial charge < -0.3 is 9.73 Å². The average molecular weight is 406 g/mol. The maximum absolute atomic E-state index is 12.3. The van der Waals surface area contributed by atoms with Gasteiger partial charge in [0.15, 0.2) is 0 Å². The van der Waals surface area contributed by atoms with Crippen LogP contribution in [0.2, 0.25) is 0 Å². The van der Waals surface area contributed by atoms with Gasteiger partial charge in [0.25, 0.3) is 0 Å². The number of nitrogens with zero attached hydrogens (tertiary/aromatic N) is 5. The molecule has 0 unspecified atom stereocenters. The highest BCUT2D eigenvalue weighted by Gasteiger charge is 2.10. The van der Waals surface area contributed by atoms with E-state index >= 15 is 0 Å². The quantitative estimate of drug-likeness (QED) is 0.501. The molecule has 0 saturated carbocycles. The molecule has 1 amide bonds. The molecule has 2 heterocycles. The van der Waals surface area contributed by atoms with E-state index in [1.54, 1.807) is 10.9 Å². The molecule has 29 heavy (non-hydrogen) atoms. The smallest absolute Gasteiger partial charge is 0.234 e. The summed E-state index contributed by atoms with van der Waals surface area (Å²) < 4.78 is 7.08. The lowest BCUT2D eigenvalue weighted by Gasteiger charge is -2.09. The number of carbonyl (C=O) groups is 1. The zero-order chi connectivity index (χ0) is 20.1. The van der Waals surface area contributed by atoms with Gasteiger partial charge in [0.2, 0.25) is 11.8 Å². The number of nitrogens with one attached hydrogen (secondary N) is 1. The summed E-state index contributed by atoms with van der Waals surface area (Å²) in [5.74, 6) is 1.39. The molecule has 8 nitrogen and oxygen atoms in total. The van der Waals surface area contributed by atoms with Gasteiger partial charge in [-0.2, -0.15) is 0 Å². The number of rotatable bonds is 7. The second-order valence-electron chi connectivity index (χ2n) is 6.31. The minimum atomic E-state index is -0.0895. The average Bonchev–Trinajstić information content (AvgIpc) is 3.42. The van der Waals surface area contributed by atoms with Crippen molar-refractivity contribution in [2.24, 2.45) is 0 Å². The van der Waals surface area contributed by atoms with Crippen LogP contribution in [-0.4, -0.2) is 36.9 Å². The first kappa shape index (κ1) is 18.9. The van der Waals surface area contributed by atoms with Gasteiger partial charge in [-0.3, -0.25) is 4.79 Å². The molecule has 0 aliphatic heterocycles. The van der Waals surface area contributed by atoms with E-state index in [1.807, 2.05) is 55.5 Å². The number of thioether (sulfide) groups is 1. The summed E-state index contributed by atoms with van der Waals surface area (Å²) in [7, 11) is 0. The number of hydrogen-bond donors (Lipinski definition) is 1. The van der Waals surface area contributed by atoms with E-state index in [0.717, 1.165) is 22.5 Å². The molecule has 0 fully saturated rings. The van der Waals surface area contributed by atoms with Gasteiger partial charge in [0.05, 0.1) is 17.1 Å². The Morgan fingerprint density at radius 2 is 2.07 bits per heavy atom. The van der Waals surface area contributed by atoms with E-state index in [4.69, 9.17) is 4.42 Å². The van der Waals surface area contributed by atoms with E-state index in [-0.39, 0.29) is 5.91 Å². The molecule has 0 spiro atoms. The van der Waals surface area contributed by atoms with Crippen molar-refractivity contribution >= 4 is 23.4 Å². The molecule has 0 atom stereocenters. The minimum absolute atomic E-state index is 0.0895. The van der Waals surface area contributed by atoms with Gasteiger partial charge in [-0.25, -0.2) is 9.67 Å². The number of hydrogen-bond acceptors (Lipinski definition) is 7. The number of benzene rings is 2. The van der Waals surface area contributed by atoms with E-state index < -0.39 is 0 Å². The Kier molecular flexibility index (Phi) is 5.66. The standard InChI is InChI=1S/C20H18N6O2S/c1-14-7-8-16(9-18(14)26-13-21-24-25-26)22-19(27)12-29-11-17-10-28-20(23-17)15-5-3-2-4-6-15/h2-10,13H,11-12H2,1H3,(H,22,27).